The Kier molecular flexibility index (Phi) is 6.58. The van der Waals surface area contributed by atoms with Gasteiger partial charge in [-0.2, -0.15) is 0 Å². The minimum atomic E-state index is -0.595. The quantitative estimate of drug-likeness (QED) is 0.825. The summed E-state index contributed by atoms with van der Waals surface area (Å²) >= 11 is 1.61. The van der Waals surface area contributed by atoms with Gasteiger partial charge < -0.3 is 15.0 Å². The summed E-state index contributed by atoms with van der Waals surface area (Å²) in [6, 6.07) is 10.3. The zero-order chi connectivity index (χ0) is 18.4. The van der Waals surface area contributed by atoms with Crippen molar-refractivity contribution in [1.82, 2.24) is 10.2 Å². The number of rotatable bonds is 7. The molecule has 2 aromatic rings. The molecule has 134 valence electrons. The van der Waals surface area contributed by atoms with Crippen molar-refractivity contribution in [2.24, 2.45) is 5.92 Å². The van der Waals surface area contributed by atoms with Gasteiger partial charge in [-0.1, -0.05) is 32.0 Å². The summed E-state index contributed by atoms with van der Waals surface area (Å²) in [4.78, 5) is 28.2. The highest BCUT2D eigenvalue weighted by Crippen LogP contribution is 2.18. The van der Waals surface area contributed by atoms with Crippen molar-refractivity contribution in [3.8, 4) is 5.75 Å². The molecule has 0 saturated carbocycles. The van der Waals surface area contributed by atoms with Crippen molar-refractivity contribution in [2.45, 2.75) is 26.4 Å². The summed E-state index contributed by atoms with van der Waals surface area (Å²) in [5.41, 5.74) is 0.421. The van der Waals surface area contributed by atoms with Crippen LogP contribution in [0.2, 0.25) is 0 Å². The van der Waals surface area contributed by atoms with Gasteiger partial charge in [-0.25, -0.2) is 0 Å². The zero-order valence-electron chi connectivity index (χ0n) is 15.0. The summed E-state index contributed by atoms with van der Waals surface area (Å²) in [6.45, 7) is 4.37. The first-order valence-electron chi connectivity index (χ1n) is 8.15. The molecule has 0 saturated heterocycles. The molecule has 2 amide bonds. The number of nitrogens with zero attached hydrogens (tertiary/aromatic N) is 1. The number of hydrogen-bond donors (Lipinski definition) is 1. The Hall–Kier alpha value is -2.34. The second-order valence-corrected chi connectivity index (χ2v) is 7.20. The van der Waals surface area contributed by atoms with Crippen LogP contribution < -0.4 is 10.1 Å². The van der Waals surface area contributed by atoms with Crippen molar-refractivity contribution < 1.29 is 14.3 Å². The van der Waals surface area contributed by atoms with E-state index in [4.69, 9.17) is 4.74 Å². The smallest absolute Gasteiger partial charge is 0.255 e. The third-order valence-electron chi connectivity index (χ3n) is 3.92. The fourth-order valence-electron chi connectivity index (χ4n) is 2.52. The molecule has 5 nitrogen and oxygen atoms in total. The Morgan fingerprint density at radius 2 is 1.92 bits per heavy atom. The summed E-state index contributed by atoms with van der Waals surface area (Å²) in [6.07, 6.45) is 0. The number of para-hydroxylation sites is 1. The molecule has 1 N–H and O–H groups in total. The topological polar surface area (TPSA) is 58.6 Å². The highest BCUT2D eigenvalue weighted by molar-refractivity contribution is 7.09. The number of nitrogens with one attached hydrogen (secondary N) is 1. The van der Waals surface area contributed by atoms with E-state index in [2.05, 4.69) is 5.32 Å². The number of amides is 2. The normalized spacial score (nSPS) is 11.9. The number of ether oxygens (including phenoxy) is 1. The molecule has 0 bridgehead atoms. The molecule has 1 heterocycles. The molecule has 0 spiro atoms. The Bertz CT molecular complexity index is 713. The van der Waals surface area contributed by atoms with E-state index in [0.29, 0.717) is 17.9 Å². The fourth-order valence-corrected chi connectivity index (χ4v) is 3.27. The van der Waals surface area contributed by atoms with Crippen LogP contribution >= 0.6 is 11.3 Å². The van der Waals surface area contributed by atoms with Gasteiger partial charge in [0.25, 0.3) is 5.91 Å². The Balaban J connectivity index is 2.11. The van der Waals surface area contributed by atoms with Crippen LogP contribution in [-0.2, 0) is 11.3 Å². The summed E-state index contributed by atoms with van der Waals surface area (Å²) in [7, 11) is 3.28. The van der Waals surface area contributed by atoms with E-state index in [0.717, 1.165) is 4.88 Å². The van der Waals surface area contributed by atoms with Gasteiger partial charge in [0.2, 0.25) is 5.91 Å². The summed E-state index contributed by atoms with van der Waals surface area (Å²) in [5.74, 6) is 0.0412. The fraction of sp³-hybridized carbons (Fsp3) is 0.368. The minimum absolute atomic E-state index is 0.0306. The van der Waals surface area contributed by atoms with Crippen molar-refractivity contribution in [3.63, 3.8) is 0 Å². The molecule has 1 aromatic heterocycles. The van der Waals surface area contributed by atoms with Crippen LogP contribution in [0.3, 0.4) is 0 Å². The Labute approximate surface area is 152 Å². The predicted molar refractivity (Wildman–Crippen MR) is 99.9 cm³/mol. The van der Waals surface area contributed by atoms with Crippen LogP contribution in [0.15, 0.2) is 41.8 Å². The molecule has 1 aromatic carbocycles. The number of likely N-dealkylation sites (N-methyl/N-ethyl adjacent to an activating group) is 1. The molecule has 1 atom stereocenters. The van der Waals surface area contributed by atoms with E-state index in [1.807, 2.05) is 31.4 Å². The number of carbonyl (C=O) groups is 2. The van der Waals surface area contributed by atoms with Crippen LogP contribution in [0.5, 0.6) is 5.75 Å². The summed E-state index contributed by atoms with van der Waals surface area (Å²) in [5, 5.41) is 4.84. The van der Waals surface area contributed by atoms with E-state index >= 15 is 0 Å². The maximum atomic E-state index is 12.8. The molecule has 0 aliphatic carbocycles. The molecule has 0 radical (unpaired) electrons. The van der Waals surface area contributed by atoms with Gasteiger partial charge >= 0.3 is 0 Å². The van der Waals surface area contributed by atoms with Crippen LogP contribution in [0.25, 0.3) is 0 Å². The van der Waals surface area contributed by atoms with Crippen molar-refractivity contribution in [3.05, 3.63) is 52.2 Å². The van der Waals surface area contributed by atoms with Gasteiger partial charge in [-0.05, 0) is 29.5 Å². The van der Waals surface area contributed by atoms with Gasteiger partial charge in [-0.15, -0.1) is 11.3 Å². The first-order valence-corrected chi connectivity index (χ1v) is 9.03. The van der Waals surface area contributed by atoms with E-state index in [1.165, 1.54) is 7.11 Å². The first-order chi connectivity index (χ1) is 11.9. The lowest BCUT2D eigenvalue weighted by atomic mass is 10.0. The lowest BCUT2D eigenvalue weighted by Crippen LogP contribution is -2.50. The number of thiophene rings is 1. The predicted octanol–water partition coefficient (Wildman–Crippen LogP) is 3.17. The van der Waals surface area contributed by atoms with E-state index in [9.17, 15) is 9.59 Å². The molecule has 1 unspecified atom stereocenters. The second kappa shape index (κ2) is 8.67. The molecule has 0 fully saturated rings. The number of carbonyl (C=O) groups excluding carboxylic acids is 2. The van der Waals surface area contributed by atoms with Crippen molar-refractivity contribution in [2.75, 3.05) is 14.2 Å². The lowest BCUT2D eigenvalue weighted by molar-refractivity contribution is -0.133. The van der Waals surface area contributed by atoms with E-state index < -0.39 is 6.04 Å². The maximum absolute atomic E-state index is 12.8. The molecule has 0 aliphatic heterocycles. The summed E-state index contributed by atoms with van der Waals surface area (Å²) < 4.78 is 5.23. The highest BCUT2D eigenvalue weighted by Gasteiger charge is 2.28. The van der Waals surface area contributed by atoms with Gasteiger partial charge in [-0.3, -0.25) is 9.59 Å². The monoisotopic (exact) mass is 360 g/mol. The molecular formula is C19H24N2O3S. The van der Waals surface area contributed by atoms with Crippen molar-refractivity contribution >= 4 is 23.2 Å². The largest absolute Gasteiger partial charge is 0.496 e. The molecular weight excluding hydrogens is 336 g/mol. The average molecular weight is 360 g/mol. The third kappa shape index (κ3) is 4.82. The number of hydrogen-bond acceptors (Lipinski definition) is 4. The lowest BCUT2D eigenvalue weighted by Gasteiger charge is -2.27. The van der Waals surface area contributed by atoms with Crippen LogP contribution in [0.4, 0.5) is 0 Å². The van der Waals surface area contributed by atoms with E-state index in [1.54, 1.807) is 47.5 Å². The molecule has 25 heavy (non-hydrogen) atoms. The number of methoxy groups -OCH3 is 1. The van der Waals surface area contributed by atoms with Crippen LogP contribution in [-0.4, -0.2) is 36.9 Å². The Morgan fingerprint density at radius 1 is 1.20 bits per heavy atom. The van der Waals surface area contributed by atoms with E-state index in [-0.39, 0.29) is 17.7 Å². The SMILES string of the molecule is COc1ccccc1C(=O)NC(C(=O)N(C)Cc1cccs1)C(C)C. The zero-order valence-corrected chi connectivity index (χ0v) is 15.8. The molecule has 2 rings (SSSR count). The van der Waals surface area contributed by atoms with Gasteiger partial charge in [0.1, 0.15) is 11.8 Å². The third-order valence-corrected chi connectivity index (χ3v) is 4.78. The Morgan fingerprint density at radius 3 is 2.52 bits per heavy atom. The average Bonchev–Trinajstić information content (AvgIpc) is 3.11. The van der Waals surface area contributed by atoms with Crippen LogP contribution in [0, 0.1) is 5.92 Å². The van der Waals surface area contributed by atoms with Crippen molar-refractivity contribution in [1.29, 1.82) is 0 Å². The molecule has 6 heteroatoms. The maximum Gasteiger partial charge on any atom is 0.255 e. The standard InChI is InChI=1S/C19H24N2O3S/c1-13(2)17(19(23)21(3)12-14-8-7-11-25-14)20-18(22)15-9-5-6-10-16(15)24-4/h5-11,13,17H,12H2,1-4H3,(H,20,22). The van der Waals surface area contributed by atoms with Gasteiger partial charge in [0.15, 0.2) is 0 Å². The molecule has 0 aliphatic rings. The first kappa shape index (κ1) is 19.0. The highest BCUT2D eigenvalue weighted by atomic mass is 32.1. The van der Waals surface area contributed by atoms with Crippen LogP contribution in [0.1, 0.15) is 29.1 Å². The minimum Gasteiger partial charge on any atom is -0.496 e. The number of benzene rings is 1. The van der Waals surface area contributed by atoms with Gasteiger partial charge in [0, 0.05) is 11.9 Å². The second-order valence-electron chi connectivity index (χ2n) is 6.17. The van der Waals surface area contributed by atoms with Gasteiger partial charge in [0.05, 0.1) is 19.2 Å².